The molecule has 0 bridgehead atoms. The minimum Gasteiger partial charge on any atom is -0.294 e. The largest absolute Gasteiger partial charge is 0.294 e. The van der Waals surface area contributed by atoms with E-state index in [2.05, 4.69) is 21.0 Å². The Morgan fingerprint density at radius 2 is 2.00 bits per heavy atom. The molecule has 0 radical (unpaired) electrons. The van der Waals surface area contributed by atoms with Crippen molar-refractivity contribution in [3.8, 4) is 11.3 Å². The zero-order chi connectivity index (χ0) is 12.4. The number of carbonyl (C=O) groups is 1. The Labute approximate surface area is 109 Å². The molecule has 1 aromatic carbocycles. The normalized spacial score (nSPS) is 10.5. The summed E-state index contributed by atoms with van der Waals surface area (Å²) >= 11 is 3.40. The standard InChI is InChI=1S/C13H13BrN2O/c1-3-16-13(12(8-15-16)9(2)17)10-4-6-11(14)7-5-10/h4-8H,3H2,1-2H3. The summed E-state index contributed by atoms with van der Waals surface area (Å²) in [6.45, 7) is 4.33. The van der Waals surface area contributed by atoms with Crippen LogP contribution in [0.1, 0.15) is 24.2 Å². The summed E-state index contributed by atoms with van der Waals surface area (Å²) in [5.41, 5.74) is 2.58. The molecule has 0 fully saturated rings. The lowest BCUT2D eigenvalue weighted by molar-refractivity contribution is 0.101. The van der Waals surface area contributed by atoms with Crippen molar-refractivity contribution in [3.63, 3.8) is 0 Å². The zero-order valence-electron chi connectivity index (χ0n) is 9.77. The fourth-order valence-electron chi connectivity index (χ4n) is 1.80. The lowest BCUT2D eigenvalue weighted by Crippen LogP contribution is -2.01. The van der Waals surface area contributed by atoms with Gasteiger partial charge in [-0.15, -0.1) is 0 Å². The van der Waals surface area contributed by atoms with Crippen LogP contribution in [-0.4, -0.2) is 15.6 Å². The van der Waals surface area contributed by atoms with Crippen LogP contribution in [0.3, 0.4) is 0 Å². The molecule has 0 aliphatic carbocycles. The Kier molecular flexibility index (Phi) is 3.43. The number of hydrogen-bond donors (Lipinski definition) is 0. The third-order valence-corrected chi connectivity index (χ3v) is 3.16. The van der Waals surface area contributed by atoms with Gasteiger partial charge in [-0.3, -0.25) is 9.48 Å². The Balaban J connectivity index is 2.59. The van der Waals surface area contributed by atoms with Crippen molar-refractivity contribution in [2.45, 2.75) is 20.4 Å². The van der Waals surface area contributed by atoms with Crippen molar-refractivity contribution in [2.24, 2.45) is 0 Å². The van der Waals surface area contributed by atoms with Gasteiger partial charge in [0.1, 0.15) is 0 Å². The summed E-state index contributed by atoms with van der Waals surface area (Å²) in [7, 11) is 0. The van der Waals surface area contributed by atoms with Gasteiger partial charge >= 0.3 is 0 Å². The van der Waals surface area contributed by atoms with E-state index in [9.17, 15) is 4.79 Å². The number of benzene rings is 1. The van der Waals surface area contributed by atoms with Crippen molar-refractivity contribution in [1.29, 1.82) is 0 Å². The molecule has 0 saturated carbocycles. The summed E-state index contributed by atoms with van der Waals surface area (Å²) in [6.07, 6.45) is 1.64. The van der Waals surface area contributed by atoms with Gasteiger partial charge in [-0.1, -0.05) is 28.1 Å². The molecule has 0 saturated heterocycles. The van der Waals surface area contributed by atoms with Crippen molar-refractivity contribution >= 4 is 21.7 Å². The van der Waals surface area contributed by atoms with Gasteiger partial charge in [0.2, 0.25) is 0 Å². The van der Waals surface area contributed by atoms with Gasteiger partial charge in [0.15, 0.2) is 5.78 Å². The third-order valence-electron chi connectivity index (χ3n) is 2.64. The molecular weight excluding hydrogens is 280 g/mol. The molecule has 0 aliphatic heterocycles. The first-order chi connectivity index (χ1) is 8.13. The third kappa shape index (κ3) is 2.31. The number of rotatable bonds is 3. The highest BCUT2D eigenvalue weighted by molar-refractivity contribution is 9.10. The van der Waals surface area contributed by atoms with Crippen LogP contribution in [0.4, 0.5) is 0 Å². The lowest BCUT2D eigenvalue weighted by Gasteiger charge is -2.07. The second kappa shape index (κ2) is 4.84. The molecule has 0 atom stereocenters. The monoisotopic (exact) mass is 292 g/mol. The van der Waals surface area contributed by atoms with Crippen LogP contribution in [0, 0.1) is 0 Å². The molecule has 88 valence electrons. The molecule has 0 aliphatic rings. The van der Waals surface area contributed by atoms with Crippen LogP contribution in [0.25, 0.3) is 11.3 Å². The maximum absolute atomic E-state index is 11.6. The predicted octanol–water partition coefficient (Wildman–Crippen LogP) is 3.54. The van der Waals surface area contributed by atoms with E-state index in [4.69, 9.17) is 0 Å². The van der Waals surface area contributed by atoms with Crippen molar-refractivity contribution in [3.05, 3.63) is 40.5 Å². The van der Waals surface area contributed by atoms with Gasteiger partial charge < -0.3 is 0 Å². The highest BCUT2D eigenvalue weighted by atomic mass is 79.9. The van der Waals surface area contributed by atoms with E-state index in [1.54, 1.807) is 13.1 Å². The van der Waals surface area contributed by atoms with E-state index in [1.165, 1.54) is 0 Å². The molecule has 4 heteroatoms. The summed E-state index contributed by atoms with van der Waals surface area (Å²) in [5.74, 6) is 0.0441. The fraction of sp³-hybridized carbons (Fsp3) is 0.231. The number of carbonyl (C=O) groups excluding carboxylic acids is 1. The molecule has 0 amide bonds. The Bertz CT molecular complexity index is 543. The van der Waals surface area contributed by atoms with Crippen molar-refractivity contribution < 1.29 is 4.79 Å². The number of hydrogen-bond acceptors (Lipinski definition) is 2. The fourth-order valence-corrected chi connectivity index (χ4v) is 2.06. The SMILES string of the molecule is CCn1ncc(C(C)=O)c1-c1ccc(Br)cc1. The first-order valence-corrected chi connectivity index (χ1v) is 6.25. The molecular formula is C13H13BrN2O. The average Bonchev–Trinajstić information content (AvgIpc) is 2.73. The second-order valence-corrected chi connectivity index (χ2v) is 4.70. The number of halogens is 1. The molecule has 2 aromatic rings. The van der Waals surface area contributed by atoms with Crippen LogP contribution in [0.2, 0.25) is 0 Å². The van der Waals surface area contributed by atoms with Crippen LogP contribution in [-0.2, 0) is 6.54 Å². The smallest absolute Gasteiger partial charge is 0.163 e. The van der Waals surface area contributed by atoms with E-state index < -0.39 is 0 Å². The summed E-state index contributed by atoms with van der Waals surface area (Å²) in [5, 5.41) is 4.24. The maximum atomic E-state index is 11.6. The van der Waals surface area contributed by atoms with Gasteiger partial charge in [0.25, 0.3) is 0 Å². The highest BCUT2D eigenvalue weighted by Gasteiger charge is 2.15. The van der Waals surface area contributed by atoms with E-state index in [1.807, 2.05) is 35.9 Å². The van der Waals surface area contributed by atoms with Gasteiger partial charge in [-0.05, 0) is 26.0 Å². The Morgan fingerprint density at radius 3 is 2.53 bits per heavy atom. The van der Waals surface area contributed by atoms with Crippen molar-refractivity contribution in [2.75, 3.05) is 0 Å². The van der Waals surface area contributed by atoms with E-state index >= 15 is 0 Å². The topological polar surface area (TPSA) is 34.9 Å². The first-order valence-electron chi connectivity index (χ1n) is 5.46. The Morgan fingerprint density at radius 1 is 1.35 bits per heavy atom. The van der Waals surface area contributed by atoms with E-state index in [0.29, 0.717) is 5.56 Å². The van der Waals surface area contributed by atoms with Gasteiger partial charge in [-0.2, -0.15) is 5.10 Å². The molecule has 3 nitrogen and oxygen atoms in total. The van der Waals surface area contributed by atoms with Crippen LogP contribution < -0.4 is 0 Å². The van der Waals surface area contributed by atoms with Crippen LogP contribution in [0.5, 0.6) is 0 Å². The highest BCUT2D eigenvalue weighted by Crippen LogP contribution is 2.25. The molecule has 0 unspecified atom stereocenters. The van der Waals surface area contributed by atoms with Crippen molar-refractivity contribution in [1.82, 2.24) is 9.78 Å². The first kappa shape index (κ1) is 12.0. The predicted molar refractivity (Wildman–Crippen MR) is 71.0 cm³/mol. The van der Waals surface area contributed by atoms with Gasteiger partial charge in [0.05, 0.1) is 17.5 Å². The minimum absolute atomic E-state index is 0.0441. The lowest BCUT2D eigenvalue weighted by atomic mass is 10.1. The quantitative estimate of drug-likeness (QED) is 0.811. The molecule has 0 N–H and O–H groups in total. The minimum atomic E-state index is 0.0441. The van der Waals surface area contributed by atoms with E-state index in [-0.39, 0.29) is 5.78 Å². The summed E-state index contributed by atoms with van der Waals surface area (Å²) in [4.78, 5) is 11.6. The molecule has 17 heavy (non-hydrogen) atoms. The number of aryl methyl sites for hydroxylation is 1. The number of nitrogens with zero attached hydrogens (tertiary/aromatic N) is 2. The second-order valence-electron chi connectivity index (χ2n) is 3.79. The van der Waals surface area contributed by atoms with Crippen LogP contribution in [0.15, 0.2) is 34.9 Å². The van der Waals surface area contributed by atoms with Gasteiger partial charge in [-0.25, -0.2) is 0 Å². The molecule has 1 heterocycles. The van der Waals surface area contributed by atoms with E-state index in [0.717, 1.165) is 22.3 Å². The van der Waals surface area contributed by atoms with Gasteiger partial charge in [0, 0.05) is 16.6 Å². The molecule has 2 rings (SSSR count). The number of aromatic nitrogens is 2. The average molecular weight is 293 g/mol. The molecule has 1 aromatic heterocycles. The van der Waals surface area contributed by atoms with Crippen LogP contribution >= 0.6 is 15.9 Å². The summed E-state index contributed by atoms with van der Waals surface area (Å²) < 4.78 is 2.87. The Hall–Kier alpha value is -1.42. The summed E-state index contributed by atoms with van der Waals surface area (Å²) in [6, 6.07) is 7.90. The maximum Gasteiger partial charge on any atom is 0.163 e. The number of ketones is 1. The zero-order valence-corrected chi connectivity index (χ0v) is 11.4. The molecule has 0 spiro atoms. The number of Topliss-reactive ketones (excluding diaryl/α,β-unsaturated/α-hetero) is 1.